The van der Waals surface area contributed by atoms with Crippen LogP contribution in [-0.2, 0) is 24.6 Å². The molecule has 1 aliphatic heterocycles. The zero-order valence-electron chi connectivity index (χ0n) is 15.1. The summed E-state index contributed by atoms with van der Waals surface area (Å²) in [4.78, 5) is 21.3. The van der Waals surface area contributed by atoms with E-state index >= 15 is 0 Å². The Balaban J connectivity index is 1.35. The molecule has 2 aromatic rings. The second kappa shape index (κ2) is 7.45. The normalized spacial score (nSPS) is 22.5. The highest BCUT2D eigenvalue weighted by molar-refractivity contribution is 5.89. The molecule has 0 unspecified atom stereocenters. The molecule has 2 amide bonds. The van der Waals surface area contributed by atoms with Gasteiger partial charge in [-0.25, -0.2) is 9.78 Å². The molecule has 0 saturated carbocycles. The summed E-state index contributed by atoms with van der Waals surface area (Å²) in [6.07, 6.45) is 11.4. The standard InChI is InChI=1S/C19H25N5O2/c1-24-8-7-20-18(24)17-11-14(6-9-26-17)22-19(25)23-15-10-13-4-2-3-5-16(13)21-12-15/h7-8,10,12,14,17H,2-6,9,11H2,1H3,(H2,22,23,25)/t14-,17-/m1/s1. The van der Waals surface area contributed by atoms with Crippen molar-refractivity contribution in [3.8, 4) is 0 Å². The van der Waals surface area contributed by atoms with Crippen molar-refractivity contribution in [2.24, 2.45) is 7.05 Å². The van der Waals surface area contributed by atoms with E-state index in [-0.39, 0.29) is 18.2 Å². The monoisotopic (exact) mass is 355 g/mol. The molecule has 4 rings (SSSR count). The smallest absolute Gasteiger partial charge is 0.319 e. The topological polar surface area (TPSA) is 81.1 Å². The van der Waals surface area contributed by atoms with Crippen molar-refractivity contribution in [3.05, 3.63) is 41.7 Å². The molecule has 1 saturated heterocycles. The Kier molecular flexibility index (Phi) is 4.88. The number of amides is 2. The lowest BCUT2D eigenvalue weighted by molar-refractivity contribution is -0.00410. The Morgan fingerprint density at radius 3 is 3.04 bits per heavy atom. The SMILES string of the molecule is Cn1ccnc1[C@H]1C[C@H](NC(=O)Nc2cnc3c(c2)CCCC3)CCO1. The Bertz CT molecular complexity index is 788. The van der Waals surface area contributed by atoms with Crippen molar-refractivity contribution in [1.29, 1.82) is 0 Å². The number of carbonyl (C=O) groups excluding carboxylic acids is 1. The number of nitrogens with one attached hydrogen (secondary N) is 2. The van der Waals surface area contributed by atoms with Crippen LogP contribution in [0.2, 0.25) is 0 Å². The van der Waals surface area contributed by atoms with Gasteiger partial charge in [0.1, 0.15) is 11.9 Å². The molecule has 2 atom stereocenters. The van der Waals surface area contributed by atoms with Crippen LogP contribution >= 0.6 is 0 Å². The first kappa shape index (κ1) is 17.0. The molecule has 2 aromatic heterocycles. The lowest BCUT2D eigenvalue weighted by Crippen LogP contribution is -2.42. The largest absolute Gasteiger partial charge is 0.370 e. The molecule has 1 aliphatic carbocycles. The van der Waals surface area contributed by atoms with Crippen LogP contribution in [0.3, 0.4) is 0 Å². The molecule has 3 heterocycles. The number of hydrogen-bond acceptors (Lipinski definition) is 4. The first-order chi connectivity index (χ1) is 12.7. The number of nitrogens with zero attached hydrogens (tertiary/aromatic N) is 3. The maximum atomic E-state index is 12.4. The minimum absolute atomic E-state index is 0.0658. The predicted octanol–water partition coefficient (Wildman–Crippen LogP) is 2.74. The molecule has 0 spiro atoms. The second-order valence-electron chi connectivity index (χ2n) is 7.11. The molecule has 0 radical (unpaired) electrons. The lowest BCUT2D eigenvalue weighted by Gasteiger charge is -2.29. The molecule has 7 heteroatoms. The third-order valence-electron chi connectivity index (χ3n) is 5.19. The maximum Gasteiger partial charge on any atom is 0.319 e. The molecule has 0 bridgehead atoms. The fraction of sp³-hybridized carbons (Fsp3) is 0.526. The van der Waals surface area contributed by atoms with Gasteiger partial charge in [0.15, 0.2) is 0 Å². The van der Waals surface area contributed by atoms with Gasteiger partial charge in [-0.3, -0.25) is 4.98 Å². The highest BCUT2D eigenvalue weighted by Gasteiger charge is 2.27. The summed E-state index contributed by atoms with van der Waals surface area (Å²) in [6.45, 7) is 0.614. The molecule has 2 N–H and O–H groups in total. The summed E-state index contributed by atoms with van der Waals surface area (Å²) < 4.78 is 7.79. The maximum absolute atomic E-state index is 12.4. The van der Waals surface area contributed by atoms with Crippen LogP contribution in [0.4, 0.5) is 10.5 Å². The van der Waals surface area contributed by atoms with E-state index in [4.69, 9.17) is 4.74 Å². The van der Waals surface area contributed by atoms with E-state index in [1.54, 1.807) is 12.4 Å². The van der Waals surface area contributed by atoms with Crippen LogP contribution in [0, 0.1) is 0 Å². The number of aromatic nitrogens is 3. The van der Waals surface area contributed by atoms with Gasteiger partial charge in [-0.05, 0) is 43.7 Å². The zero-order chi connectivity index (χ0) is 17.9. The predicted molar refractivity (Wildman–Crippen MR) is 98.0 cm³/mol. The van der Waals surface area contributed by atoms with Crippen LogP contribution in [0.1, 0.15) is 48.9 Å². The van der Waals surface area contributed by atoms with Gasteiger partial charge in [-0.2, -0.15) is 0 Å². The summed E-state index contributed by atoms with van der Waals surface area (Å²) in [5, 5.41) is 5.99. The molecular weight excluding hydrogens is 330 g/mol. The van der Waals surface area contributed by atoms with Gasteiger partial charge in [0.25, 0.3) is 0 Å². The average molecular weight is 355 g/mol. The third-order valence-corrected chi connectivity index (χ3v) is 5.19. The van der Waals surface area contributed by atoms with E-state index in [1.807, 2.05) is 17.8 Å². The second-order valence-corrected chi connectivity index (χ2v) is 7.11. The Hall–Kier alpha value is -2.41. The summed E-state index contributed by atoms with van der Waals surface area (Å²) >= 11 is 0. The van der Waals surface area contributed by atoms with E-state index in [9.17, 15) is 4.79 Å². The van der Waals surface area contributed by atoms with Crippen LogP contribution in [0.15, 0.2) is 24.7 Å². The minimum Gasteiger partial charge on any atom is -0.370 e. The molecule has 2 aliphatic rings. The number of urea groups is 1. The number of anilines is 1. The quantitative estimate of drug-likeness (QED) is 0.887. The molecule has 0 aromatic carbocycles. The Morgan fingerprint density at radius 1 is 1.31 bits per heavy atom. The van der Waals surface area contributed by atoms with Crippen LogP contribution in [0.5, 0.6) is 0 Å². The van der Waals surface area contributed by atoms with E-state index in [0.717, 1.165) is 37.2 Å². The Labute approximate surface area is 153 Å². The van der Waals surface area contributed by atoms with E-state index in [2.05, 4.69) is 26.7 Å². The summed E-state index contributed by atoms with van der Waals surface area (Å²) in [7, 11) is 1.96. The van der Waals surface area contributed by atoms with E-state index < -0.39 is 0 Å². The highest BCUT2D eigenvalue weighted by Crippen LogP contribution is 2.27. The van der Waals surface area contributed by atoms with Gasteiger partial charge in [0.05, 0.1) is 11.9 Å². The molecule has 7 nitrogen and oxygen atoms in total. The van der Waals surface area contributed by atoms with Crippen LogP contribution in [-0.4, -0.2) is 33.2 Å². The number of ether oxygens (including phenoxy) is 1. The zero-order valence-corrected chi connectivity index (χ0v) is 15.1. The molecule has 1 fully saturated rings. The van der Waals surface area contributed by atoms with Crippen molar-refractivity contribution >= 4 is 11.7 Å². The van der Waals surface area contributed by atoms with Crippen LogP contribution < -0.4 is 10.6 Å². The highest BCUT2D eigenvalue weighted by atomic mass is 16.5. The number of rotatable bonds is 3. The average Bonchev–Trinajstić information content (AvgIpc) is 3.08. The van der Waals surface area contributed by atoms with E-state index in [0.29, 0.717) is 6.61 Å². The summed E-state index contributed by atoms with van der Waals surface area (Å²) in [5.41, 5.74) is 3.19. The fourth-order valence-electron chi connectivity index (χ4n) is 3.80. The number of carbonyl (C=O) groups is 1. The molecule has 26 heavy (non-hydrogen) atoms. The summed E-state index contributed by atoms with van der Waals surface area (Å²) in [6, 6.07) is 1.94. The number of pyridine rings is 1. The lowest BCUT2D eigenvalue weighted by atomic mass is 9.96. The van der Waals surface area contributed by atoms with Crippen LogP contribution in [0.25, 0.3) is 0 Å². The fourth-order valence-corrected chi connectivity index (χ4v) is 3.80. The minimum atomic E-state index is -0.187. The van der Waals surface area contributed by atoms with Crippen molar-refractivity contribution in [3.63, 3.8) is 0 Å². The van der Waals surface area contributed by atoms with Crippen molar-refractivity contribution in [2.75, 3.05) is 11.9 Å². The number of fused-ring (bicyclic) bond motifs is 1. The third kappa shape index (κ3) is 3.72. The molecular formula is C19H25N5O2. The summed E-state index contributed by atoms with van der Waals surface area (Å²) in [5.74, 6) is 0.899. The van der Waals surface area contributed by atoms with Crippen molar-refractivity contribution in [2.45, 2.75) is 50.7 Å². The van der Waals surface area contributed by atoms with Gasteiger partial charge in [-0.1, -0.05) is 0 Å². The Morgan fingerprint density at radius 2 is 2.19 bits per heavy atom. The van der Waals surface area contributed by atoms with Gasteiger partial charge in [0.2, 0.25) is 0 Å². The van der Waals surface area contributed by atoms with Gasteiger partial charge < -0.3 is 19.9 Å². The van der Waals surface area contributed by atoms with Gasteiger partial charge in [0, 0.05) is 44.2 Å². The first-order valence-corrected chi connectivity index (χ1v) is 9.33. The van der Waals surface area contributed by atoms with Gasteiger partial charge in [-0.15, -0.1) is 0 Å². The first-order valence-electron chi connectivity index (χ1n) is 9.33. The molecule has 138 valence electrons. The number of hydrogen-bond donors (Lipinski definition) is 2. The van der Waals surface area contributed by atoms with Crippen molar-refractivity contribution < 1.29 is 9.53 Å². The number of aryl methyl sites for hydroxylation is 3. The van der Waals surface area contributed by atoms with Crippen molar-refractivity contribution in [1.82, 2.24) is 19.9 Å². The van der Waals surface area contributed by atoms with E-state index in [1.165, 1.54) is 24.1 Å². The number of imidazole rings is 1. The van der Waals surface area contributed by atoms with Gasteiger partial charge >= 0.3 is 6.03 Å².